The second-order valence-electron chi connectivity index (χ2n) is 5.19. The van der Waals surface area contributed by atoms with Gasteiger partial charge in [-0.25, -0.2) is 0 Å². The lowest BCUT2D eigenvalue weighted by molar-refractivity contribution is 0.0889. The minimum atomic E-state index is 0.161. The molecule has 0 aliphatic heterocycles. The molecule has 1 fully saturated rings. The molecule has 2 rings (SSSR count). The summed E-state index contributed by atoms with van der Waals surface area (Å²) in [6, 6.07) is 5.41. The molecule has 0 N–H and O–H groups in total. The first-order chi connectivity index (χ1) is 9.22. The van der Waals surface area contributed by atoms with Crippen molar-refractivity contribution in [2.75, 3.05) is 6.61 Å². The number of ether oxygens (including phenoxy) is 1. The van der Waals surface area contributed by atoms with E-state index in [-0.39, 0.29) is 11.7 Å². The van der Waals surface area contributed by atoms with Crippen molar-refractivity contribution in [3.63, 3.8) is 0 Å². The fourth-order valence-electron chi connectivity index (χ4n) is 2.59. The maximum atomic E-state index is 12.4. The normalized spacial score (nSPS) is 16.3. The summed E-state index contributed by atoms with van der Waals surface area (Å²) in [5, 5.41) is 0.518. The minimum absolute atomic E-state index is 0.161. The van der Waals surface area contributed by atoms with E-state index in [4.69, 9.17) is 16.3 Å². The van der Waals surface area contributed by atoms with Gasteiger partial charge in [-0.15, -0.1) is 0 Å². The van der Waals surface area contributed by atoms with Crippen molar-refractivity contribution in [2.45, 2.75) is 45.4 Å². The molecular formula is C16H21ClO2. The highest BCUT2D eigenvalue weighted by Crippen LogP contribution is 2.31. The summed E-state index contributed by atoms with van der Waals surface area (Å²) < 4.78 is 5.52. The maximum Gasteiger partial charge on any atom is 0.167 e. The topological polar surface area (TPSA) is 26.3 Å². The van der Waals surface area contributed by atoms with E-state index in [1.54, 1.807) is 6.07 Å². The molecule has 1 saturated carbocycles. The second-order valence-corrected chi connectivity index (χ2v) is 5.60. The highest BCUT2D eigenvalue weighted by molar-refractivity contribution is 6.34. The van der Waals surface area contributed by atoms with E-state index in [2.05, 4.69) is 6.92 Å². The highest BCUT2D eigenvalue weighted by Gasteiger charge is 2.24. The quantitative estimate of drug-likeness (QED) is 0.718. The number of halogens is 1. The van der Waals surface area contributed by atoms with E-state index < -0.39 is 0 Å². The van der Waals surface area contributed by atoms with Crippen molar-refractivity contribution < 1.29 is 9.53 Å². The number of carbonyl (C=O) groups excluding carboxylic acids is 1. The van der Waals surface area contributed by atoms with Crippen LogP contribution in [-0.2, 0) is 0 Å². The fraction of sp³-hybridized carbons (Fsp3) is 0.562. The second kappa shape index (κ2) is 6.95. The third-order valence-electron chi connectivity index (χ3n) is 3.65. The van der Waals surface area contributed by atoms with Crippen LogP contribution in [0.2, 0.25) is 5.02 Å². The molecule has 1 aromatic rings. The number of Topliss-reactive ketones (excluding diaryl/α,β-unsaturated/α-hetero) is 1. The Morgan fingerprint density at radius 2 is 2.05 bits per heavy atom. The zero-order valence-electron chi connectivity index (χ0n) is 11.5. The fourth-order valence-corrected chi connectivity index (χ4v) is 2.85. The van der Waals surface area contributed by atoms with Gasteiger partial charge in [-0.3, -0.25) is 4.79 Å². The molecule has 0 atom stereocenters. The Morgan fingerprint density at radius 1 is 1.32 bits per heavy atom. The Hall–Kier alpha value is -1.02. The van der Waals surface area contributed by atoms with Gasteiger partial charge in [0.15, 0.2) is 5.78 Å². The largest absolute Gasteiger partial charge is 0.494 e. The summed E-state index contributed by atoms with van der Waals surface area (Å²) in [5.74, 6) is 1.10. The first-order valence-electron chi connectivity index (χ1n) is 7.19. The van der Waals surface area contributed by atoms with Crippen LogP contribution in [0.5, 0.6) is 5.75 Å². The van der Waals surface area contributed by atoms with Crippen LogP contribution in [0.1, 0.15) is 55.8 Å². The molecule has 19 heavy (non-hydrogen) atoms. The lowest BCUT2D eigenvalue weighted by atomic mass is 9.84. The van der Waals surface area contributed by atoms with Gasteiger partial charge in [-0.1, -0.05) is 37.8 Å². The summed E-state index contributed by atoms with van der Waals surface area (Å²) in [5.41, 5.74) is 0.650. The maximum absolute atomic E-state index is 12.4. The third kappa shape index (κ3) is 3.73. The molecule has 0 aromatic heterocycles. The Morgan fingerprint density at radius 3 is 2.68 bits per heavy atom. The molecular weight excluding hydrogens is 260 g/mol. The van der Waals surface area contributed by atoms with E-state index >= 15 is 0 Å². The van der Waals surface area contributed by atoms with Crippen molar-refractivity contribution in [2.24, 2.45) is 5.92 Å². The van der Waals surface area contributed by atoms with E-state index in [0.29, 0.717) is 17.2 Å². The Labute approximate surface area is 120 Å². The van der Waals surface area contributed by atoms with E-state index in [0.717, 1.165) is 37.9 Å². The predicted octanol–water partition coefficient (Wildman–Crippen LogP) is 4.89. The van der Waals surface area contributed by atoms with Crippen molar-refractivity contribution >= 4 is 17.4 Å². The first-order valence-corrected chi connectivity index (χ1v) is 7.56. The van der Waals surface area contributed by atoms with Crippen LogP contribution in [0, 0.1) is 5.92 Å². The molecule has 1 aliphatic carbocycles. The van der Waals surface area contributed by atoms with Gasteiger partial charge in [-0.2, -0.15) is 0 Å². The van der Waals surface area contributed by atoms with Crippen molar-refractivity contribution in [1.29, 1.82) is 0 Å². The highest BCUT2D eigenvalue weighted by atomic mass is 35.5. The van der Waals surface area contributed by atoms with Gasteiger partial charge in [0.25, 0.3) is 0 Å². The number of hydrogen-bond acceptors (Lipinski definition) is 2. The smallest absolute Gasteiger partial charge is 0.167 e. The molecule has 0 saturated heterocycles. The van der Waals surface area contributed by atoms with Gasteiger partial charge in [0, 0.05) is 11.5 Å². The van der Waals surface area contributed by atoms with Gasteiger partial charge in [-0.05, 0) is 37.5 Å². The monoisotopic (exact) mass is 280 g/mol. The lowest BCUT2D eigenvalue weighted by Crippen LogP contribution is -2.18. The van der Waals surface area contributed by atoms with Crippen molar-refractivity contribution in [3.05, 3.63) is 28.8 Å². The van der Waals surface area contributed by atoms with Gasteiger partial charge >= 0.3 is 0 Å². The first kappa shape index (κ1) is 14.4. The lowest BCUT2D eigenvalue weighted by Gasteiger charge is -2.20. The van der Waals surface area contributed by atoms with Gasteiger partial charge < -0.3 is 4.74 Å². The van der Waals surface area contributed by atoms with Gasteiger partial charge in [0.2, 0.25) is 0 Å². The summed E-state index contributed by atoms with van der Waals surface area (Å²) in [6.45, 7) is 2.73. The van der Waals surface area contributed by atoms with E-state index in [9.17, 15) is 4.79 Å². The van der Waals surface area contributed by atoms with Crippen LogP contribution in [0.15, 0.2) is 18.2 Å². The third-order valence-corrected chi connectivity index (χ3v) is 3.97. The molecule has 1 aromatic carbocycles. The van der Waals surface area contributed by atoms with Crippen LogP contribution in [0.25, 0.3) is 0 Å². The number of hydrogen-bond donors (Lipinski definition) is 0. The van der Waals surface area contributed by atoms with E-state index in [1.165, 1.54) is 6.42 Å². The average molecular weight is 281 g/mol. The standard InChI is InChI=1S/C16H21ClO2/c1-2-10-19-13-8-9-14(15(17)11-13)16(18)12-6-4-3-5-7-12/h8-9,11-12H,2-7,10H2,1H3. The molecule has 3 heteroatoms. The molecule has 0 spiro atoms. The molecule has 0 unspecified atom stereocenters. The molecule has 1 aliphatic rings. The Kier molecular flexibility index (Phi) is 5.26. The van der Waals surface area contributed by atoms with Gasteiger partial charge in [0.1, 0.15) is 5.75 Å². The van der Waals surface area contributed by atoms with Crippen LogP contribution < -0.4 is 4.74 Å². The van der Waals surface area contributed by atoms with Crippen LogP contribution >= 0.6 is 11.6 Å². The number of carbonyl (C=O) groups is 1. The Balaban J connectivity index is 2.09. The van der Waals surface area contributed by atoms with Crippen LogP contribution in [-0.4, -0.2) is 12.4 Å². The summed E-state index contributed by atoms with van der Waals surface area (Å²) in [6.07, 6.45) is 6.53. The van der Waals surface area contributed by atoms with Crippen LogP contribution in [0.4, 0.5) is 0 Å². The minimum Gasteiger partial charge on any atom is -0.494 e. The SMILES string of the molecule is CCCOc1ccc(C(=O)C2CCCCC2)c(Cl)c1. The zero-order valence-corrected chi connectivity index (χ0v) is 12.2. The predicted molar refractivity (Wildman–Crippen MR) is 78.1 cm³/mol. The van der Waals surface area contributed by atoms with Crippen LogP contribution in [0.3, 0.4) is 0 Å². The number of rotatable bonds is 5. The zero-order chi connectivity index (χ0) is 13.7. The molecule has 0 radical (unpaired) electrons. The number of benzene rings is 1. The summed E-state index contributed by atoms with van der Waals surface area (Å²) >= 11 is 6.22. The number of ketones is 1. The molecule has 0 amide bonds. The summed E-state index contributed by atoms with van der Waals surface area (Å²) in [4.78, 5) is 12.4. The molecule has 0 bridgehead atoms. The van der Waals surface area contributed by atoms with Gasteiger partial charge in [0.05, 0.1) is 11.6 Å². The van der Waals surface area contributed by atoms with Crippen molar-refractivity contribution in [1.82, 2.24) is 0 Å². The van der Waals surface area contributed by atoms with E-state index in [1.807, 2.05) is 12.1 Å². The molecule has 0 heterocycles. The van der Waals surface area contributed by atoms with Crippen molar-refractivity contribution in [3.8, 4) is 5.75 Å². The summed E-state index contributed by atoms with van der Waals surface area (Å²) in [7, 11) is 0. The molecule has 104 valence electrons. The average Bonchev–Trinajstić information content (AvgIpc) is 2.45. The molecule has 2 nitrogen and oxygen atoms in total. The Bertz CT molecular complexity index is 436.